The molecular weight excluding hydrogens is 424 g/mol. The molecule has 0 bridgehead atoms. The zero-order valence-corrected chi connectivity index (χ0v) is 18.7. The van der Waals surface area contributed by atoms with Gasteiger partial charge in [-0.15, -0.1) is 0 Å². The van der Waals surface area contributed by atoms with Crippen LogP contribution in [0, 0.1) is 5.41 Å². The quantitative estimate of drug-likeness (QED) is 0.268. The number of hydrogen-bond acceptors (Lipinski definition) is 9. The molecule has 9 nitrogen and oxygen atoms in total. The first-order chi connectivity index (χ1) is 13.5. The maximum atomic E-state index is 11.0. The standard InChI is InChI=1S/C18H30O9S2/c1-18(14-23-9-11-26-28(2,19)20,15-24-10-12-27-29(3,21)22)16-25-13-17-7-5-4-6-8-17/h4-8H,9-16H2,1-3H3. The molecule has 0 amide bonds. The minimum atomic E-state index is -3.51. The molecule has 11 heteroatoms. The predicted octanol–water partition coefficient (Wildman–Crippen LogP) is 1.20. The SMILES string of the molecule is CC(COCCOS(C)(=O)=O)(COCCOS(C)(=O)=O)COCc1ccccc1. The molecule has 1 aromatic rings. The average Bonchev–Trinajstić information content (AvgIpc) is 2.60. The number of hydrogen-bond donors (Lipinski definition) is 0. The van der Waals surface area contributed by atoms with Gasteiger partial charge in [-0.2, -0.15) is 16.8 Å². The second-order valence-corrected chi connectivity index (χ2v) is 10.2. The lowest BCUT2D eigenvalue weighted by atomic mass is 9.94. The minimum Gasteiger partial charge on any atom is -0.378 e. The van der Waals surface area contributed by atoms with Crippen LogP contribution in [-0.2, 0) is 49.4 Å². The number of benzene rings is 1. The molecular formula is C18H30O9S2. The fraction of sp³-hybridized carbons (Fsp3) is 0.667. The summed E-state index contributed by atoms with van der Waals surface area (Å²) in [6.45, 7) is 3.14. The Labute approximate surface area is 173 Å². The van der Waals surface area contributed by atoms with Crippen molar-refractivity contribution in [2.24, 2.45) is 5.41 Å². The van der Waals surface area contributed by atoms with E-state index in [4.69, 9.17) is 14.2 Å². The van der Waals surface area contributed by atoms with Crippen molar-refractivity contribution in [3.05, 3.63) is 35.9 Å². The van der Waals surface area contributed by atoms with Gasteiger partial charge in [0.1, 0.15) is 0 Å². The summed E-state index contributed by atoms with van der Waals surface area (Å²) in [6, 6.07) is 9.68. The Balaban J connectivity index is 2.46. The summed E-state index contributed by atoms with van der Waals surface area (Å²) in [7, 11) is -7.02. The van der Waals surface area contributed by atoms with E-state index in [9.17, 15) is 16.8 Å². The molecule has 0 saturated heterocycles. The maximum Gasteiger partial charge on any atom is 0.264 e. The Kier molecular flexibility index (Phi) is 11.3. The van der Waals surface area contributed by atoms with Gasteiger partial charge < -0.3 is 14.2 Å². The van der Waals surface area contributed by atoms with Gasteiger partial charge in [0, 0.05) is 5.41 Å². The summed E-state index contributed by atoms with van der Waals surface area (Å²) in [5.41, 5.74) is 0.491. The van der Waals surface area contributed by atoms with E-state index < -0.39 is 25.7 Å². The van der Waals surface area contributed by atoms with Gasteiger partial charge in [0.2, 0.25) is 0 Å². The number of rotatable bonds is 16. The largest absolute Gasteiger partial charge is 0.378 e. The maximum absolute atomic E-state index is 11.0. The molecule has 0 atom stereocenters. The molecule has 0 fully saturated rings. The summed E-state index contributed by atoms with van der Waals surface area (Å²) >= 11 is 0. The van der Waals surface area contributed by atoms with Crippen LogP contribution < -0.4 is 0 Å². The van der Waals surface area contributed by atoms with Crippen LogP contribution in [0.4, 0.5) is 0 Å². The molecule has 0 spiro atoms. The molecule has 29 heavy (non-hydrogen) atoms. The first-order valence-electron chi connectivity index (χ1n) is 8.95. The third-order valence-corrected chi connectivity index (χ3v) is 4.70. The predicted molar refractivity (Wildman–Crippen MR) is 107 cm³/mol. The number of ether oxygens (including phenoxy) is 3. The van der Waals surface area contributed by atoms with Crippen LogP contribution in [0.25, 0.3) is 0 Å². The van der Waals surface area contributed by atoms with Crippen LogP contribution in [0.15, 0.2) is 30.3 Å². The molecule has 0 saturated carbocycles. The molecule has 0 N–H and O–H groups in total. The van der Waals surface area contributed by atoms with E-state index >= 15 is 0 Å². The molecule has 0 aliphatic carbocycles. The Morgan fingerprint density at radius 2 is 1.17 bits per heavy atom. The van der Waals surface area contributed by atoms with Crippen LogP contribution >= 0.6 is 0 Å². The highest BCUT2D eigenvalue weighted by molar-refractivity contribution is 7.86. The second-order valence-electron chi connectivity index (χ2n) is 6.95. The molecule has 0 heterocycles. The van der Waals surface area contributed by atoms with Gasteiger partial charge in [-0.1, -0.05) is 37.3 Å². The van der Waals surface area contributed by atoms with Gasteiger partial charge in [-0.05, 0) is 5.56 Å². The van der Waals surface area contributed by atoms with Gasteiger partial charge in [0.25, 0.3) is 20.2 Å². The van der Waals surface area contributed by atoms with Crippen molar-refractivity contribution in [3.63, 3.8) is 0 Å². The highest BCUT2D eigenvalue weighted by atomic mass is 32.2. The van der Waals surface area contributed by atoms with E-state index in [1.165, 1.54) is 0 Å². The highest BCUT2D eigenvalue weighted by Gasteiger charge is 2.26. The monoisotopic (exact) mass is 454 g/mol. The molecule has 1 aromatic carbocycles. The molecule has 0 radical (unpaired) electrons. The molecule has 1 rings (SSSR count). The highest BCUT2D eigenvalue weighted by Crippen LogP contribution is 2.19. The minimum absolute atomic E-state index is 0.0805. The van der Waals surface area contributed by atoms with Gasteiger partial charge in [0.05, 0.1) is 65.4 Å². The van der Waals surface area contributed by atoms with Crippen molar-refractivity contribution in [1.82, 2.24) is 0 Å². The lowest BCUT2D eigenvalue weighted by Crippen LogP contribution is -2.35. The van der Waals surface area contributed by atoms with Gasteiger partial charge in [-0.25, -0.2) is 0 Å². The van der Waals surface area contributed by atoms with E-state index in [0.717, 1.165) is 18.1 Å². The molecule has 0 aliphatic heterocycles. The van der Waals surface area contributed by atoms with Crippen LogP contribution in [0.1, 0.15) is 12.5 Å². The third kappa shape index (κ3) is 14.5. The first-order valence-corrected chi connectivity index (χ1v) is 12.6. The lowest BCUT2D eigenvalue weighted by molar-refractivity contribution is -0.0688. The second kappa shape index (κ2) is 12.6. The van der Waals surface area contributed by atoms with E-state index in [1.54, 1.807) is 0 Å². The van der Waals surface area contributed by atoms with Crippen LogP contribution in [0.3, 0.4) is 0 Å². The molecule has 0 aromatic heterocycles. The molecule has 0 unspecified atom stereocenters. The Morgan fingerprint density at radius 1 is 0.724 bits per heavy atom. The van der Waals surface area contributed by atoms with Crippen molar-refractivity contribution in [2.45, 2.75) is 13.5 Å². The van der Waals surface area contributed by atoms with Crippen LogP contribution in [-0.4, -0.2) is 75.6 Å². The summed E-state index contributed by atoms with van der Waals surface area (Å²) in [4.78, 5) is 0. The smallest absolute Gasteiger partial charge is 0.264 e. The van der Waals surface area contributed by atoms with E-state index in [1.807, 2.05) is 37.3 Å². The van der Waals surface area contributed by atoms with Crippen molar-refractivity contribution in [1.29, 1.82) is 0 Å². The normalized spacial score (nSPS) is 12.9. The molecule has 0 aliphatic rings. The topological polar surface area (TPSA) is 114 Å². The summed E-state index contributed by atoms with van der Waals surface area (Å²) < 4.78 is 70.0. The van der Waals surface area contributed by atoms with Gasteiger partial charge in [0.15, 0.2) is 0 Å². The van der Waals surface area contributed by atoms with E-state index in [-0.39, 0.29) is 39.6 Å². The Bertz CT molecular complexity index is 735. The van der Waals surface area contributed by atoms with E-state index in [0.29, 0.717) is 13.2 Å². The summed E-state index contributed by atoms with van der Waals surface area (Å²) in [5.74, 6) is 0. The van der Waals surface area contributed by atoms with Gasteiger partial charge >= 0.3 is 0 Å². The summed E-state index contributed by atoms with van der Waals surface area (Å²) in [5, 5.41) is 0. The third-order valence-electron chi connectivity index (χ3n) is 3.51. The molecule has 168 valence electrons. The zero-order valence-electron chi connectivity index (χ0n) is 17.0. The zero-order chi connectivity index (χ0) is 21.8. The van der Waals surface area contributed by atoms with Gasteiger partial charge in [-0.3, -0.25) is 8.37 Å². The fourth-order valence-electron chi connectivity index (χ4n) is 2.24. The van der Waals surface area contributed by atoms with Crippen LogP contribution in [0.5, 0.6) is 0 Å². The summed E-state index contributed by atoms with van der Waals surface area (Å²) in [6.07, 6.45) is 1.95. The van der Waals surface area contributed by atoms with Crippen molar-refractivity contribution < 1.29 is 39.4 Å². The Morgan fingerprint density at radius 3 is 1.62 bits per heavy atom. The first kappa shape index (κ1) is 26.0. The van der Waals surface area contributed by atoms with Crippen molar-refractivity contribution in [2.75, 3.05) is 58.8 Å². The Hall–Kier alpha value is -1.08. The van der Waals surface area contributed by atoms with Crippen molar-refractivity contribution in [3.8, 4) is 0 Å². The van der Waals surface area contributed by atoms with E-state index in [2.05, 4.69) is 8.37 Å². The average molecular weight is 455 g/mol. The van der Waals surface area contributed by atoms with Crippen molar-refractivity contribution >= 4 is 20.2 Å². The fourth-order valence-corrected chi connectivity index (χ4v) is 2.98. The lowest BCUT2D eigenvalue weighted by Gasteiger charge is -2.29. The van der Waals surface area contributed by atoms with Crippen LogP contribution in [0.2, 0.25) is 0 Å².